The van der Waals surface area contributed by atoms with Gasteiger partial charge < -0.3 is 15.0 Å². The molecule has 128 valence electrons. The van der Waals surface area contributed by atoms with E-state index in [1.807, 2.05) is 18.0 Å². The summed E-state index contributed by atoms with van der Waals surface area (Å²) in [4.78, 5) is 25.0. The molecule has 2 aliphatic heterocycles. The van der Waals surface area contributed by atoms with E-state index >= 15 is 0 Å². The first kappa shape index (κ1) is 16.3. The third-order valence-electron chi connectivity index (χ3n) is 4.60. The summed E-state index contributed by atoms with van der Waals surface area (Å²) in [6.45, 7) is 2.15. The Hall–Kier alpha value is -2.57. The summed E-state index contributed by atoms with van der Waals surface area (Å²) in [7, 11) is 1.87. The van der Waals surface area contributed by atoms with Gasteiger partial charge in [0.05, 0.1) is 22.8 Å². The number of benzene rings is 1. The SMILES string of the molecule is CCOC(=O)C1CCCC2=C(N1)N(C)c1cccc([N+](=O)[O-])c1C2. The number of anilines is 1. The summed E-state index contributed by atoms with van der Waals surface area (Å²) in [6, 6.07) is 4.74. The molecule has 1 unspecified atom stereocenters. The molecule has 7 heteroatoms. The van der Waals surface area contributed by atoms with E-state index in [1.54, 1.807) is 19.1 Å². The van der Waals surface area contributed by atoms with E-state index in [0.29, 0.717) is 19.4 Å². The second-order valence-electron chi connectivity index (χ2n) is 6.06. The van der Waals surface area contributed by atoms with Gasteiger partial charge in [0.15, 0.2) is 0 Å². The Labute approximate surface area is 140 Å². The maximum absolute atomic E-state index is 12.1. The molecule has 0 bridgehead atoms. The third kappa shape index (κ3) is 2.81. The zero-order chi connectivity index (χ0) is 17.3. The third-order valence-corrected chi connectivity index (χ3v) is 4.60. The molecule has 1 N–H and O–H groups in total. The van der Waals surface area contributed by atoms with Crippen molar-refractivity contribution in [2.45, 2.75) is 38.6 Å². The topological polar surface area (TPSA) is 84.7 Å². The van der Waals surface area contributed by atoms with Gasteiger partial charge in [-0.2, -0.15) is 0 Å². The normalized spacial score (nSPS) is 19.8. The summed E-state index contributed by atoms with van der Waals surface area (Å²) < 4.78 is 5.14. The van der Waals surface area contributed by atoms with Crippen LogP contribution in [0.25, 0.3) is 0 Å². The molecule has 3 rings (SSSR count). The highest BCUT2D eigenvalue weighted by Gasteiger charge is 2.32. The van der Waals surface area contributed by atoms with Gasteiger partial charge >= 0.3 is 5.97 Å². The number of nitrogens with zero attached hydrogens (tertiary/aromatic N) is 2. The fourth-order valence-electron chi connectivity index (χ4n) is 3.47. The zero-order valence-corrected chi connectivity index (χ0v) is 13.9. The lowest BCUT2D eigenvalue weighted by atomic mass is 9.94. The average molecular weight is 331 g/mol. The second kappa shape index (κ2) is 6.51. The molecule has 24 heavy (non-hydrogen) atoms. The zero-order valence-electron chi connectivity index (χ0n) is 13.9. The standard InChI is InChI=1S/C17H21N3O4/c1-3-24-17(21)13-7-4-6-11-10-12-14(19(2)16(11)18-13)8-5-9-15(12)20(22)23/h5,8-9,13,18H,3-4,6-7,10H2,1-2H3. The number of carbonyl (C=O) groups is 1. The first-order chi connectivity index (χ1) is 11.5. The van der Waals surface area contributed by atoms with Crippen LogP contribution >= 0.6 is 0 Å². The summed E-state index contributed by atoms with van der Waals surface area (Å²) >= 11 is 0. The number of esters is 1. The molecule has 0 saturated carbocycles. The van der Waals surface area contributed by atoms with Crippen molar-refractivity contribution in [2.24, 2.45) is 0 Å². The minimum Gasteiger partial charge on any atom is -0.464 e. The molecule has 7 nitrogen and oxygen atoms in total. The molecule has 1 aromatic carbocycles. The van der Waals surface area contributed by atoms with Crippen molar-refractivity contribution < 1.29 is 14.5 Å². The van der Waals surface area contributed by atoms with Gasteiger partial charge in [-0.1, -0.05) is 6.07 Å². The Bertz CT molecular complexity index is 714. The Morgan fingerprint density at radius 2 is 2.29 bits per heavy atom. The number of hydrogen-bond acceptors (Lipinski definition) is 6. The van der Waals surface area contributed by atoms with Gasteiger partial charge in [-0.05, 0) is 37.8 Å². The number of carbonyl (C=O) groups excluding carboxylic acids is 1. The molecule has 1 aromatic rings. The molecule has 1 atom stereocenters. The molecule has 0 fully saturated rings. The van der Waals surface area contributed by atoms with Crippen molar-refractivity contribution in [1.29, 1.82) is 0 Å². The van der Waals surface area contributed by atoms with Gasteiger partial charge in [0.25, 0.3) is 5.69 Å². The first-order valence-electron chi connectivity index (χ1n) is 8.18. The van der Waals surface area contributed by atoms with Crippen molar-refractivity contribution in [3.63, 3.8) is 0 Å². The van der Waals surface area contributed by atoms with Crippen molar-refractivity contribution in [1.82, 2.24) is 5.32 Å². The highest BCUT2D eigenvalue weighted by molar-refractivity contribution is 5.77. The number of nitro benzene ring substituents is 1. The molecule has 0 radical (unpaired) electrons. The lowest BCUT2D eigenvalue weighted by molar-refractivity contribution is -0.385. The van der Waals surface area contributed by atoms with E-state index in [1.165, 1.54) is 0 Å². The van der Waals surface area contributed by atoms with Crippen molar-refractivity contribution in [2.75, 3.05) is 18.6 Å². The number of nitrogens with one attached hydrogen (secondary N) is 1. The van der Waals surface area contributed by atoms with Crippen LogP contribution in [-0.2, 0) is 16.0 Å². The highest BCUT2D eigenvalue weighted by atomic mass is 16.6. The van der Waals surface area contributed by atoms with Crippen LogP contribution in [0.3, 0.4) is 0 Å². The van der Waals surface area contributed by atoms with Crippen LogP contribution in [0, 0.1) is 10.1 Å². The average Bonchev–Trinajstić information content (AvgIpc) is 2.77. The molecular weight excluding hydrogens is 310 g/mol. The minimum atomic E-state index is -0.375. The van der Waals surface area contributed by atoms with Crippen LogP contribution in [0.5, 0.6) is 0 Å². The molecule has 0 aromatic heterocycles. The van der Waals surface area contributed by atoms with Gasteiger partial charge in [-0.3, -0.25) is 10.1 Å². The maximum atomic E-state index is 12.1. The lowest BCUT2D eigenvalue weighted by Gasteiger charge is -2.33. The molecule has 2 heterocycles. The predicted molar refractivity (Wildman–Crippen MR) is 89.6 cm³/mol. The van der Waals surface area contributed by atoms with Gasteiger partial charge in [0.1, 0.15) is 11.9 Å². The van der Waals surface area contributed by atoms with E-state index in [-0.39, 0.29) is 22.6 Å². The molecule has 0 spiro atoms. The van der Waals surface area contributed by atoms with Crippen LogP contribution in [0.15, 0.2) is 29.6 Å². The Morgan fingerprint density at radius 1 is 1.50 bits per heavy atom. The van der Waals surface area contributed by atoms with Crippen LogP contribution in [-0.4, -0.2) is 30.6 Å². The van der Waals surface area contributed by atoms with Crippen molar-refractivity contribution in [3.8, 4) is 0 Å². The van der Waals surface area contributed by atoms with E-state index < -0.39 is 0 Å². The van der Waals surface area contributed by atoms with Crippen LogP contribution in [0.2, 0.25) is 0 Å². The van der Waals surface area contributed by atoms with Crippen LogP contribution in [0.1, 0.15) is 31.7 Å². The number of ether oxygens (including phenoxy) is 1. The van der Waals surface area contributed by atoms with Gasteiger partial charge in [-0.25, -0.2) is 4.79 Å². The summed E-state index contributed by atoms with van der Waals surface area (Å²) in [5.74, 6) is 0.628. The molecule has 0 saturated heterocycles. The molecule has 0 aliphatic carbocycles. The Kier molecular flexibility index (Phi) is 4.42. The minimum absolute atomic E-state index is 0.150. The largest absolute Gasteiger partial charge is 0.464 e. The van der Waals surface area contributed by atoms with E-state index in [9.17, 15) is 14.9 Å². The quantitative estimate of drug-likeness (QED) is 0.520. The monoisotopic (exact) mass is 331 g/mol. The van der Waals surface area contributed by atoms with Gasteiger partial charge in [-0.15, -0.1) is 0 Å². The van der Waals surface area contributed by atoms with E-state index in [4.69, 9.17) is 4.74 Å². The first-order valence-corrected chi connectivity index (χ1v) is 8.18. The molecule has 0 amide bonds. The van der Waals surface area contributed by atoms with E-state index in [0.717, 1.165) is 35.5 Å². The summed E-state index contributed by atoms with van der Waals surface area (Å²) in [5.41, 5.74) is 2.79. The van der Waals surface area contributed by atoms with E-state index in [2.05, 4.69) is 5.32 Å². The molecular formula is C17H21N3O4. The highest BCUT2D eigenvalue weighted by Crippen LogP contribution is 2.39. The predicted octanol–water partition coefficient (Wildman–Crippen LogP) is 2.50. The van der Waals surface area contributed by atoms with Gasteiger partial charge in [0, 0.05) is 19.5 Å². The summed E-state index contributed by atoms with van der Waals surface area (Å²) in [5, 5.41) is 14.6. The number of fused-ring (bicyclic) bond motifs is 1. The van der Waals surface area contributed by atoms with Gasteiger partial charge in [0.2, 0.25) is 0 Å². The number of hydrogen-bond donors (Lipinski definition) is 1. The van der Waals surface area contributed by atoms with Crippen LogP contribution < -0.4 is 10.2 Å². The number of rotatable bonds is 3. The second-order valence-corrected chi connectivity index (χ2v) is 6.06. The Morgan fingerprint density at radius 3 is 3.00 bits per heavy atom. The Balaban J connectivity index is 1.95. The smallest absolute Gasteiger partial charge is 0.328 e. The number of nitro groups is 1. The van der Waals surface area contributed by atoms with Crippen LogP contribution in [0.4, 0.5) is 11.4 Å². The number of allylic oxidation sites excluding steroid dienone is 1. The fraction of sp³-hybridized carbons (Fsp3) is 0.471. The molecule has 2 aliphatic rings. The summed E-state index contributed by atoms with van der Waals surface area (Å²) in [6.07, 6.45) is 2.89. The maximum Gasteiger partial charge on any atom is 0.328 e. The fourth-order valence-corrected chi connectivity index (χ4v) is 3.47. The van der Waals surface area contributed by atoms with Crippen molar-refractivity contribution in [3.05, 3.63) is 45.3 Å². The lowest BCUT2D eigenvalue weighted by Crippen LogP contribution is -2.42. The van der Waals surface area contributed by atoms with Crippen molar-refractivity contribution >= 4 is 17.3 Å².